The van der Waals surface area contributed by atoms with Crippen LogP contribution in [0.1, 0.15) is 46.1 Å². The number of nitrogens with one attached hydrogen (secondary N) is 2. The van der Waals surface area contributed by atoms with Gasteiger partial charge in [0.25, 0.3) is 0 Å². The van der Waals surface area contributed by atoms with Crippen molar-refractivity contribution in [3.05, 3.63) is 66.5 Å². The SMILES string of the molecule is Cc1ccc2c(NC(=O)CC(C)(C)C)cccc2c1Oc1ncccc1-c1ccnc(NC2CC(C)CN(C(=O)O)C2)n1. The second-order valence-electron chi connectivity index (χ2n) is 12.5. The van der Waals surface area contributed by atoms with Crippen LogP contribution in [0.3, 0.4) is 0 Å². The summed E-state index contributed by atoms with van der Waals surface area (Å²) in [6, 6.07) is 15.1. The summed E-state index contributed by atoms with van der Waals surface area (Å²) in [6.07, 6.45) is 3.63. The highest BCUT2D eigenvalue weighted by Gasteiger charge is 2.28. The van der Waals surface area contributed by atoms with Crippen LogP contribution in [0.15, 0.2) is 60.9 Å². The van der Waals surface area contributed by atoms with E-state index in [0.29, 0.717) is 48.3 Å². The molecule has 2 aromatic heterocycles. The Morgan fingerprint density at radius 1 is 1.02 bits per heavy atom. The first kappa shape index (κ1) is 29.8. The maximum atomic E-state index is 12.7. The molecular formula is C33H38N6O4. The second-order valence-corrected chi connectivity index (χ2v) is 12.5. The number of carbonyl (C=O) groups excluding carboxylic acids is 1. The minimum absolute atomic E-state index is 0.0402. The molecule has 3 N–H and O–H groups in total. The lowest BCUT2D eigenvalue weighted by Gasteiger charge is -2.35. The number of amides is 2. The zero-order valence-electron chi connectivity index (χ0n) is 25.2. The quantitative estimate of drug-likeness (QED) is 0.213. The molecule has 2 unspecified atom stereocenters. The van der Waals surface area contributed by atoms with Crippen molar-refractivity contribution in [1.29, 1.82) is 0 Å². The number of hydrogen-bond acceptors (Lipinski definition) is 7. The van der Waals surface area contributed by atoms with E-state index in [2.05, 4.69) is 20.6 Å². The molecule has 0 aliphatic carbocycles. The normalized spacial score (nSPS) is 17.0. The summed E-state index contributed by atoms with van der Waals surface area (Å²) >= 11 is 0. The topological polar surface area (TPSA) is 130 Å². The number of fused-ring (bicyclic) bond motifs is 1. The van der Waals surface area contributed by atoms with Gasteiger partial charge in [-0.25, -0.2) is 19.7 Å². The molecule has 1 fully saturated rings. The van der Waals surface area contributed by atoms with E-state index in [4.69, 9.17) is 9.72 Å². The van der Waals surface area contributed by atoms with Crippen LogP contribution in [0.25, 0.3) is 22.0 Å². The van der Waals surface area contributed by atoms with Crippen molar-refractivity contribution in [3.63, 3.8) is 0 Å². The second kappa shape index (κ2) is 12.2. The van der Waals surface area contributed by atoms with Gasteiger partial charge in [0.1, 0.15) is 5.75 Å². The largest absolute Gasteiger partial charge is 0.465 e. The number of benzene rings is 2. The summed E-state index contributed by atoms with van der Waals surface area (Å²) in [5.74, 6) is 1.62. The molecule has 1 aliphatic rings. The van der Waals surface area contributed by atoms with Gasteiger partial charge in [-0.1, -0.05) is 52.0 Å². The third-order valence-electron chi connectivity index (χ3n) is 7.34. The Kier molecular flexibility index (Phi) is 8.47. The Labute approximate surface area is 251 Å². The van der Waals surface area contributed by atoms with E-state index >= 15 is 0 Å². The van der Waals surface area contributed by atoms with Crippen LogP contribution in [0.2, 0.25) is 0 Å². The van der Waals surface area contributed by atoms with E-state index in [1.807, 2.05) is 77.1 Å². The molecule has 1 saturated heterocycles. The highest BCUT2D eigenvalue weighted by molar-refractivity contribution is 6.04. The molecule has 10 heteroatoms. The molecule has 3 heterocycles. The number of nitrogens with zero attached hydrogens (tertiary/aromatic N) is 4. The van der Waals surface area contributed by atoms with Gasteiger partial charge in [-0.05, 0) is 54.5 Å². The molecule has 2 atom stereocenters. The predicted molar refractivity (Wildman–Crippen MR) is 168 cm³/mol. The van der Waals surface area contributed by atoms with Crippen molar-refractivity contribution < 1.29 is 19.4 Å². The Hall–Kier alpha value is -4.73. The number of piperidine rings is 1. The lowest BCUT2D eigenvalue weighted by atomic mass is 9.92. The number of aryl methyl sites for hydroxylation is 1. The molecule has 224 valence electrons. The van der Waals surface area contributed by atoms with Crippen molar-refractivity contribution in [2.45, 2.75) is 53.5 Å². The third-order valence-corrected chi connectivity index (χ3v) is 7.34. The van der Waals surface area contributed by atoms with E-state index in [-0.39, 0.29) is 23.3 Å². The molecule has 43 heavy (non-hydrogen) atoms. The molecule has 0 spiro atoms. The average molecular weight is 583 g/mol. The molecule has 0 saturated carbocycles. The number of likely N-dealkylation sites (tertiary alicyclic amines) is 1. The maximum Gasteiger partial charge on any atom is 0.407 e. The Bertz CT molecular complexity index is 1650. The highest BCUT2D eigenvalue weighted by Crippen LogP contribution is 2.39. The van der Waals surface area contributed by atoms with Crippen LogP contribution in [-0.2, 0) is 4.79 Å². The van der Waals surface area contributed by atoms with Crippen LogP contribution in [0.5, 0.6) is 11.6 Å². The molecule has 2 aromatic carbocycles. The lowest BCUT2D eigenvalue weighted by molar-refractivity contribution is -0.117. The van der Waals surface area contributed by atoms with Gasteiger partial charge in [-0.15, -0.1) is 0 Å². The number of anilines is 2. The van der Waals surface area contributed by atoms with E-state index < -0.39 is 6.09 Å². The van der Waals surface area contributed by atoms with Crippen LogP contribution in [0.4, 0.5) is 16.4 Å². The fourth-order valence-electron chi connectivity index (χ4n) is 5.50. The molecule has 4 aromatic rings. The fraction of sp³-hybridized carbons (Fsp3) is 0.364. The third kappa shape index (κ3) is 7.20. The molecule has 0 bridgehead atoms. The molecule has 2 amide bonds. The smallest absolute Gasteiger partial charge is 0.407 e. The monoisotopic (exact) mass is 582 g/mol. The average Bonchev–Trinajstić information content (AvgIpc) is 2.94. The number of rotatable bonds is 7. The van der Waals surface area contributed by atoms with Gasteiger partial charge in [-0.2, -0.15) is 0 Å². The first-order valence-electron chi connectivity index (χ1n) is 14.5. The van der Waals surface area contributed by atoms with Gasteiger partial charge >= 0.3 is 6.09 Å². The highest BCUT2D eigenvalue weighted by atomic mass is 16.5. The minimum Gasteiger partial charge on any atom is -0.465 e. The Balaban J connectivity index is 1.43. The molecular weight excluding hydrogens is 544 g/mol. The molecule has 1 aliphatic heterocycles. The van der Waals surface area contributed by atoms with Gasteiger partial charge in [-0.3, -0.25) is 4.79 Å². The van der Waals surface area contributed by atoms with Crippen molar-refractivity contribution in [3.8, 4) is 22.9 Å². The van der Waals surface area contributed by atoms with Gasteiger partial charge in [0, 0.05) is 54.4 Å². The Morgan fingerprint density at radius 2 is 1.84 bits per heavy atom. The van der Waals surface area contributed by atoms with Crippen molar-refractivity contribution in [1.82, 2.24) is 19.9 Å². The lowest BCUT2D eigenvalue weighted by Crippen LogP contribution is -2.47. The molecule has 10 nitrogen and oxygen atoms in total. The van der Waals surface area contributed by atoms with Crippen LogP contribution in [0, 0.1) is 18.3 Å². The van der Waals surface area contributed by atoms with Crippen LogP contribution < -0.4 is 15.4 Å². The summed E-state index contributed by atoms with van der Waals surface area (Å²) in [5, 5.41) is 17.6. The number of carboxylic acid groups (broad SMARTS) is 1. The number of hydrogen-bond donors (Lipinski definition) is 3. The fourth-order valence-corrected chi connectivity index (χ4v) is 5.50. The standard InChI is InChI=1S/C33H38N6O4/c1-20-16-22(19-39(18-20)32(41)42)36-31-35-15-13-27(38-31)25-9-7-14-34-30(25)43-29-21(2)11-12-23-24(29)8-6-10-26(23)37-28(40)17-33(3,4)5/h6-15,20,22H,16-19H2,1-5H3,(H,37,40)(H,41,42)(H,35,36,38). The van der Waals surface area contributed by atoms with Gasteiger partial charge in [0.05, 0.1) is 11.3 Å². The number of ether oxygens (including phenoxy) is 1. The van der Waals surface area contributed by atoms with Gasteiger partial charge in [0.2, 0.25) is 17.7 Å². The number of aromatic nitrogens is 3. The van der Waals surface area contributed by atoms with Gasteiger partial charge in [0.15, 0.2) is 0 Å². The van der Waals surface area contributed by atoms with Crippen LogP contribution in [-0.4, -0.2) is 56.1 Å². The zero-order chi connectivity index (χ0) is 30.7. The summed E-state index contributed by atoms with van der Waals surface area (Å²) in [7, 11) is 0. The maximum absolute atomic E-state index is 12.7. The van der Waals surface area contributed by atoms with Gasteiger partial charge < -0.3 is 25.4 Å². The number of carbonyl (C=O) groups is 2. The first-order valence-corrected chi connectivity index (χ1v) is 14.5. The summed E-state index contributed by atoms with van der Waals surface area (Å²) in [6.45, 7) is 11.0. The predicted octanol–water partition coefficient (Wildman–Crippen LogP) is 6.97. The van der Waals surface area contributed by atoms with E-state index in [1.165, 1.54) is 4.90 Å². The van der Waals surface area contributed by atoms with Crippen molar-refractivity contribution >= 4 is 34.4 Å². The van der Waals surface area contributed by atoms with Crippen molar-refractivity contribution in [2.75, 3.05) is 23.7 Å². The van der Waals surface area contributed by atoms with E-state index in [0.717, 1.165) is 28.4 Å². The minimum atomic E-state index is -0.923. The molecule has 5 rings (SSSR count). The zero-order valence-corrected chi connectivity index (χ0v) is 25.2. The summed E-state index contributed by atoms with van der Waals surface area (Å²) in [4.78, 5) is 39.4. The van der Waals surface area contributed by atoms with Crippen LogP contribution >= 0.6 is 0 Å². The van der Waals surface area contributed by atoms with Crippen molar-refractivity contribution in [2.24, 2.45) is 11.3 Å². The first-order chi connectivity index (χ1) is 20.5. The van der Waals surface area contributed by atoms with E-state index in [1.54, 1.807) is 18.5 Å². The summed E-state index contributed by atoms with van der Waals surface area (Å²) < 4.78 is 6.52. The Morgan fingerprint density at radius 3 is 2.60 bits per heavy atom. The number of pyridine rings is 1. The summed E-state index contributed by atoms with van der Waals surface area (Å²) in [5.41, 5.74) is 2.82. The van der Waals surface area contributed by atoms with E-state index in [9.17, 15) is 14.7 Å². The molecule has 0 radical (unpaired) electrons.